The van der Waals surface area contributed by atoms with Gasteiger partial charge in [-0.15, -0.1) is 0 Å². The van der Waals surface area contributed by atoms with Crippen LogP contribution < -0.4 is 5.32 Å². The molecule has 0 aliphatic heterocycles. The highest BCUT2D eigenvalue weighted by molar-refractivity contribution is 4.84. The Hall–Kier alpha value is -0.0400. The molecule has 0 aliphatic carbocycles. The third kappa shape index (κ3) is 5.89. The Morgan fingerprint density at radius 2 is 1.50 bits per heavy atom. The van der Waals surface area contributed by atoms with Crippen molar-refractivity contribution in [3.8, 4) is 0 Å². The zero-order valence-corrected chi connectivity index (χ0v) is 12.6. The van der Waals surface area contributed by atoms with Crippen LogP contribution in [0, 0.1) is 11.3 Å². The SMILES string of the molecule is CCC(C)CC(CC)(CC)CNC(C)(C)C. The smallest absolute Gasteiger partial charge is 0.00967 e. The van der Waals surface area contributed by atoms with Crippen LogP contribution in [-0.4, -0.2) is 12.1 Å². The summed E-state index contributed by atoms with van der Waals surface area (Å²) < 4.78 is 0. The van der Waals surface area contributed by atoms with Crippen LogP contribution in [0.2, 0.25) is 0 Å². The summed E-state index contributed by atoms with van der Waals surface area (Å²) in [6, 6.07) is 0. The summed E-state index contributed by atoms with van der Waals surface area (Å²) in [7, 11) is 0. The van der Waals surface area contributed by atoms with Gasteiger partial charge in [0.15, 0.2) is 0 Å². The molecule has 1 N–H and O–H groups in total. The largest absolute Gasteiger partial charge is 0.312 e. The van der Waals surface area contributed by atoms with Gasteiger partial charge in [-0.25, -0.2) is 0 Å². The molecule has 0 heterocycles. The molecule has 16 heavy (non-hydrogen) atoms. The van der Waals surface area contributed by atoms with Gasteiger partial charge in [0.1, 0.15) is 0 Å². The third-order valence-corrected chi connectivity index (χ3v) is 3.97. The van der Waals surface area contributed by atoms with Crippen molar-refractivity contribution in [1.82, 2.24) is 5.32 Å². The minimum atomic E-state index is 0.241. The van der Waals surface area contributed by atoms with E-state index in [4.69, 9.17) is 0 Å². The Balaban J connectivity index is 4.43. The summed E-state index contributed by atoms with van der Waals surface area (Å²) in [6.07, 6.45) is 5.24. The van der Waals surface area contributed by atoms with E-state index in [0.717, 1.165) is 12.5 Å². The van der Waals surface area contributed by atoms with Crippen molar-refractivity contribution >= 4 is 0 Å². The maximum Gasteiger partial charge on any atom is 0.00967 e. The van der Waals surface area contributed by atoms with Crippen molar-refractivity contribution in [1.29, 1.82) is 0 Å². The highest BCUT2D eigenvalue weighted by Crippen LogP contribution is 2.34. The van der Waals surface area contributed by atoms with Crippen molar-refractivity contribution in [2.24, 2.45) is 11.3 Å². The van der Waals surface area contributed by atoms with E-state index >= 15 is 0 Å². The molecule has 1 nitrogen and oxygen atoms in total. The van der Waals surface area contributed by atoms with Gasteiger partial charge < -0.3 is 5.32 Å². The van der Waals surface area contributed by atoms with Crippen LogP contribution in [0.25, 0.3) is 0 Å². The number of hydrogen-bond donors (Lipinski definition) is 1. The molecule has 0 radical (unpaired) electrons. The second-order valence-electron chi connectivity index (χ2n) is 6.53. The predicted molar refractivity (Wildman–Crippen MR) is 74.8 cm³/mol. The number of nitrogens with one attached hydrogen (secondary N) is 1. The quantitative estimate of drug-likeness (QED) is 0.669. The Labute approximate surface area is 103 Å². The molecule has 0 aromatic rings. The van der Waals surface area contributed by atoms with Gasteiger partial charge in [0.2, 0.25) is 0 Å². The first-order valence-electron chi connectivity index (χ1n) is 7.03. The van der Waals surface area contributed by atoms with Crippen molar-refractivity contribution in [3.05, 3.63) is 0 Å². The van der Waals surface area contributed by atoms with Gasteiger partial charge in [0, 0.05) is 12.1 Å². The van der Waals surface area contributed by atoms with Gasteiger partial charge in [0.05, 0.1) is 0 Å². The summed E-state index contributed by atoms with van der Waals surface area (Å²) >= 11 is 0. The topological polar surface area (TPSA) is 12.0 Å². The summed E-state index contributed by atoms with van der Waals surface area (Å²) in [5.74, 6) is 0.849. The summed E-state index contributed by atoms with van der Waals surface area (Å²) in [5.41, 5.74) is 0.744. The van der Waals surface area contributed by atoms with E-state index in [0.29, 0.717) is 5.41 Å². The summed E-state index contributed by atoms with van der Waals surface area (Å²) in [5, 5.41) is 3.69. The number of hydrogen-bond acceptors (Lipinski definition) is 1. The maximum atomic E-state index is 3.69. The minimum Gasteiger partial charge on any atom is -0.312 e. The Morgan fingerprint density at radius 1 is 1.00 bits per heavy atom. The average molecular weight is 227 g/mol. The van der Waals surface area contributed by atoms with E-state index in [2.05, 4.69) is 53.8 Å². The van der Waals surface area contributed by atoms with E-state index in [1.807, 2.05) is 0 Å². The first-order chi connectivity index (χ1) is 7.28. The zero-order chi connectivity index (χ0) is 12.8. The molecule has 0 amide bonds. The molecule has 0 rings (SSSR count). The molecule has 1 unspecified atom stereocenters. The van der Waals surface area contributed by atoms with Crippen molar-refractivity contribution < 1.29 is 0 Å². The van der Waals surface area contributed by atoms with Crippen LogP contribution in [0.4, 0.5) is 0 Å². The molecule has 1 heteroatoms. The Bertz CT molecular complexity index is 174. The molecule has 0 saturated carbocycles. The van der Waals surface area contributed by atoms with Crippen LogP contribution >= 0.6 is 0 Å². The van der Waals surface area contributed by atoms with Crippen molar-refractivity contribution in [2.45, 2.75) is 79.7 Å². The molecule has 0 aromatic heterocycles. The lowest BCUT2D eigenvalue weighted by Crippen LogP contribution is -2.44. The van der Waals surface area contributed by atoms with Crippen LogP contribution in [0.3, 0.4) is 0 Å². The average Bonchev–Trinajstić information content (AvgIpc) is 2.23. The van der Waals surface area contributed by atoms with E-state index < -0.39 is 0 Å². The molecule has 98 valence electrons. The molecular weight excluding hydrogens is 194 g/mol. The van der Waals surface area contributed by atoms with Gasteiger partial charge in [-0.1, -0.05) is 34.1 Å². The maximum absolute atomic E-state index is 3.69. The second kappa shape index (κ2) is 6.64. The van der Waals surface area contributed by atoms with E-state index in [-0.39, 0.29) is 5.54 Å². The lowest BCUT2D eigenvalue weighted by Gasteiger charge is -2.37. The predicted octanol–water partition coefficient (Wildman–Crippen LogP) is 4.62. The third-order valence-electron chi connectivity index (χ3n) is 3.97. The minimum absolute atomic E-state index is 0.241. The summed E-state index contributed by atoms with van der Waals surface area (Å²) in [4.78, 5) is 0. The van der Waals surface area contributed by atoms with Gasteiger partial charge in [0.25, 0.3) is 0 Å². The first kappa shape index (κ1) is 16.0. The summed E-state index contributed by atoms with van der Waals surface area (Å²) in [6.45, 7) is 17.3. The molecule has 0 bridgehead atoms. The Kier molecular flexibility index (Phi) is 6.62. The molecule has 0 aromatic carbocycles. The first-order valence-corrected chi connectivity index (χ1v) is 7.03. The molecule has 0 spiro atoms. The fourth-order valence-electron chi connectivity index (χ4n) is 2.20. The number of rotatable bonds is 7. The molecule has 1 atom stereocenters. The van der Waals surface area contributed by atoms with Crippen molar-refractivity contribution in [2.75, 3.05) is 6.54 Å². The highest BCUT2D eigenvalue weighted by atomic mass is 15.0. The van der Waals surface area contributed by atoms with Crippen LogP contribution in [-0.2, 0) is 0 Å². The molecule has 0 saturated heterocycles. The normalized spacial score (nSPS) is 15.2. The van der Waals surface area contributed by atoms with E-state index in [1.54, 1.807) is 0 Å². The van der Waals surface area contributed by atoms with Gasteiger partial charge in [-0.3, -0.25) is 0 Å². The fraction of sp³-hybridized carbons (Fsp3) is 1.00. The fourth-order valence-corrected chi connectivity index (χ4v) is 2.20. The highest BCUT2D eigenvalue weighted by Gasteiger charge is 2.28. The monoisotopic (exact) mass is 227 g/mol. The second-order valence-corrected chi connectivity index (χ2v) is 6.53. The van der Waals surface area contributed by atoms with E-state index in [9.17, 15) is 0 Å². The zero-order valence-electron chi connectivity index (χ0n) is 12.6. The molecule has 0 fully saturated rings. The van der Waals surface area contributed by atoms with Crippen LogP contribution in [0.5, 0.6) is 0 Å². The lowest BCUT2D eigenvalue weighted by atomic mass is 9.74. The lowest BCUT2D eigenvalue weighted by molar-refractivity contribution is 0.174. The van der Waals surface area contributed by atoms with Gasteiger partial charge in [-0.05, 0) is 51.4 Å². The standard InChI is InChI=1S/C15H33N/c1-8-13(4)11-15(9-2,10-3)12-16-14(5,6)7/h13,16H,8-12H2,1-7H3. The van der Waals surface area contributed by atoms with E-state index in [1.165, 1.54) is 25.7 Å². The van der Waals surface area contributed by atoms with Crippen LogP contribution in [0.15, 0.2) is 0 Å². The van der Waals surface area contributed by atoms with Crippen molar-refractivity contribution in [3.63, 3.8) is 0 Å². The molecular formula is C15H33N. The molecule has 0 aliphatic rings. The van der Waals surface area contributed by atoms with Crippen LogP contribution in [0.1, 0.15) is 74.1 Å². The Morgan fingerprint density at radius 3 is 1.81 bits per heavy atom. The van der Waals surface area contributed by atoms with Gasteiger partial charge in [-0.2, -0.15) is 0 Å². The van der Waals surface area contributed by atoms with Gasteiger partial charge >= 0.3 is 0 Å².